The van der Waals surface area contributed by atoms with Gasteiger partial charge in [-0.1, -0.05) is 36.8 Å². The second-order valence-corrected chi connectivity index (χ2v) is 9.62. The Labute approximate surface area is 227 Å². The SMILES string of the molecule is CCC(c1nc2snc(C)c2c(=O)n1Cc1cccc(F)c1)N(CCCN)C(=O)c1ccc(C)cc1.[Cl-].[H+]. The molecule has 196 valence electrons. The highest BCUT2D eigenvalue weighted by atomic mass is 35.5. The molecule has 0 spiro atoms. The summed E-state index contributed by atoms with van der Waals surface area (Å²) in [6, 6.07) is 13.1. The third kappa shape index (κ3) is 6.06. The maximum absolute atomic E-state index is 14.0. The topological polar surface area (TPSA) is 94.1 Å². The number of halogens is 2. The summed E-state index contributed by atoms with van der Waals surface area (Å²) in [6.07, 6.45) is 1.13. The number of amides is 1. The summed E-state index contributed by atoms with van der Waals surface area (Å²) in [4.78, 5) is 34.6. The van der Waals surface area contributed by atoms with E-state index in [-0.39, 0.29) is 37.7 Å². The zero-order valence-electron chi connectivity index (χ0n) is 22.1. The lowest BCUT2D eigenvalue weighted by molar-refractivity contribution is -0.0000191. The van der Waals surface area contributed by atoms with E-state index in [0.29, 0.717) is 58.8 Å². The highest BCUT2D eigenvalue weighted by molar-refractivity contribution is 7.12. The predicted octanol–water partition coefficient (Wildman–Crippen LogP) is 1.72. The minimum atomic E-state index is -0.488. The Morgan fingerprint density at radius 2 is 1.95 bits per heavy atom. The van der Waals surface area contributed by atoms with E-state index in [1.165, 1.54) is 23.7 Å². The summed E-state index contributed by atoms with van der Waals surface area (Å²) in [6.45, 7) is 6.67. The van der Waals surface area contributed by atoms with Gasteiger partial charge >= 0.3 is 1.43 Å². The van der Waals surface area contributed by atoms with Crippen LogP contribution in [0, 0.1) is 19.7 Å². The Morgan fingerprint density at radius 3 is 2.59 bits per heavy atom. The predicted molar refractivity (Wildman–Crippen MR) is 142 cm³/mol. The van der Waals surface area contributed by atoms with Crippen LogP contribution < -0.4 is 23.7 Å². The van der Waals surface area contributed by atoms with E-state index < -0.39 is 6.04 Å². The van der Waals surface area contributed by atoms with Crippen LogP contribution in [0.1, 0.15) is 60.2 Å². The van der Waals surface area contributed by atoms with Crippen LogP contribution in [0.5, 0.6) is 0 Å². The highest BCUT2D eigenvalue weighted by Gasteiger charge is 2.30. The summed E-state index contributed by atoms with van der Waals surface area (Å²) in [5.41, 5.74) is 8.43. The van der Waals surface area contributed by atoms with Gasteiger partial charge in [0.15, 0.2) is 4.83 Å². The van der Waals surface area contributed by atoms with Gasteiger partial charge in [0.2, 0.25) is 0 Å². The van der Waals surface area contributed by atoms with Gasteiger partial charge in [-0.3, -0.25) is 14.2 Å². The summed E-state index contributed by atoms with van der Waals surface area (Å²) in [7, 11) is 0. The first-order valence-corrected chi connectivity index (χ1v) is 12.8. The molecule has 4 aromatic rings. The van der Waals surface area contributed by atoms with Gasteiger partial charge < -0.3 is 23.0 Å². The fourth-order valence-corrected chi connectivity index (χ4v) is 5.15. The van der Waals surface area contributed by atoms with Gasteiger partial charge in [-0.2, -0.15) is 4.37 Å². The molecule has 1 unspecified atom stereocenters. The second-order valence-electron chi connectivity index (χ2n) is 8.87. The molecule has 7 nitrogen and oxygen atoms in total. The fraction of sp³-hybridized carbons (Fsp3) is 0.333. The van der Waals surface area contributed by atoms with E-state index >= 15 is 0 Å². The molecule has 0 bridgehead atoms. The number of aryl methyl sites for hydroxylation is 2. The molecule has 2 N–H and O–H groups in total. The van der Waals surface area contributed by atoms with Crippen LogP contribution in [0.3, 0.4) is 0 Å². The molecule has 0 radical (unpaired) electrons. The molecule has 0 fully saturated rings. The molecular weight excluding hydrogens is 513 g/mol. The van der Waals surface area contributed by atoms with Crippen LogP contribution in [0.15, 0.2) is 53.3 Å². The van der Waals surface area contributed by atoms with Crippen molar-refractivity contribution in [3.8, 4) is 0 Å². The van der Waals surface area contributed by atoms with Crippen molar-refractivity contribution < 1.29 is 23.0 Å². The lowest BCUT2D eigenvalue weighted by Gasteiger charge is -2.32. The standard InChI is InChI=1S/C27H30FN5O2S.ClH/c1-4-22(32(14-6-13-29)26(34)20-11-9-17(2)10-12-20)24-30-25-23(18(3)31-36-25)27(35)33(24)16-19-7-5-8-21(28)15-19;/h5,7-12,15,22H,4,6,13-14,16,29H2,1-3H3;1H. The van der Waals surface area contributed by atoms with Crippen molar-refractivity contribution in [2.75, 3.05) is 13.1 Å². The number of rotatable bonds is 9. The Balaban J connectivity index is 0.00000253. The van der Waals surface area contributed by atoms with Crippen LogP contribution >= 0.6 is 11.5 Å². The number of hydrogen-bond donors (Lipinski definition) is 1. The summed E-state index contributed by atoms with van der Waals surface area (Å²) < 4.78 is 19.9. The third-order valence-corrected chi connectivity index (χ3v) is 7.08. The number of aromatic nitrogens is 3. The van der Waals surface area contributed by atoms with Crippen LogP contribution in [-0.2, 0) is 6.54 Å². The molecule has 2 heterocycles. The molecule has 1 atom stereocenters. The minimum Gasteiger partial charge on any atom is -1.00 e. The average Bonchev–Trinajstić information content (AvgIpc) is 3.24. The van der Waals surface area contributed by atoms with Crippen molar-refractivity contribution in [1.82, 2.24) is 18.8 Å². The number of nitrogens with zero attached hydrogens (tertiary/aromatic N) is 4. The van der Waals surface area contributed by atoms with Gasteiger partial charge in [-0.25, -0.2) is 9.37 Å². The fourth-order valence-electron chi connectivity index (χ4n) is 4.37. The van der Waals surface area contributed by atoms with E-state index in [1.54, 1.807) is 28.5 Å². The van der Waals surface area contributed by atoms with E-state index in [4.69, 9.17) is 10.7 Å². The van der Waals surface area contributed by atoms with Gasteiger partial charge in [-0.15, -0.1) is 0 Å². The zero-order chi connectivity index (χ0) is 25.8. The smallest absolute Gasteiger partial charge is 1.00 e. The van der Waals surface area contributed by atoms with Crippen molar-refractivity contribution in [3.63, 3.8) is 0 Å². The van der Waals surface area contributed by atoms with E-state index in [9.17, 15) is 14.0 Å². The quantitative estimate of drug-likeness (QED) is 0.347. The first kappa shape index (κ1) is 28.4. The van der Waals surface area contributed by atoms with Gasteiger partial charge in [0.05, 0.1) is 23.7 Å². The monoisotopic (exact) mass is 543 g/mol. The minimum absolute atomic E-state index is 0. The normalized spacial score (nSPS) is 11.8. The van der Waals surface area contributed by atoms with Crippen molar-refractivity contribution in [2.24, 2.45) is 5.73 Å². The number of carbonyl (C=O) groups excluding carboxylic acids is 1. The molecule has 4 rings (SSSR count). The first-order valence-electron chi connectivity index (χ1n) is 12.0. The first-order chi connectivity index (χ1) is 17.3. The molecule has 1 amide bonds. The number of carbonyl (C=O) groups is 1. The molecule has 0 aliphatic carbocycles. The van der Waals surface area contributed by atoms with Crippen LogP contribution in [0.2, 0.25) is 0 Å². The maximum atomic E-state index is 14.0. The number of benzene rings is 2. The summed E-state index contributed by atoms with van der Waals surface area (Å²) in [5.74, 6) is -0.0708. The third-order valence-electron chi connectivity index (χ3n) is 6.25. The van der Waals surface area contributed by atoms with Gasteiger partial charge in [-0.05, 0) is 74.6 Å². The van der Waals surface area contributed by atoms with Crippen LogP contribution in [-0.4, -0.2) is 37.8 Å². The molecular formula is C27H31ClFN5O2S. The number of fused-ring (bicyclic) bond motifs is 1. The molecule has 0 saturated heterocycles. The van der Waals surface area contributed by atoms with Gasteiger partial charge in [0, 0.05) is 12.1 Å². The van der Waals surface area contributed by atoms with Crippen molar-refractivity contribution in [1.29, 1.82) is 0 Å². The molecule has 0 aliphatic heterocycles. The second kappa shape index (κ2) is 12.4. The van der Waals surface area contributed by atoms with Gasteiger partial charge in [0.1, 0.15) is 11.6 Å². The molecule has 2 aromatic heterocycles. The summed E-state index contributed by atoms with van der Waals surface area (Å²) in [5, 5.41) is 0.452. The lowest BCUT2D eigenvalue weighted by atomic mass is 10.1. The van der Waals surface area contributed by atoms with Crippen molar-refractivity contribution in [3.05, 3.63) is 92.9 Å². The summed E-state index contributed by atoms with van der Waals surface area (Å²) >= 11 is 1.17. The molecule has 10 heteroatoms. The van der Waals surface area contributed by atoms with Crippen LogP contribution in [0.25, 0.3) is 10.2 Å². The lowest BCUT2D eigenvalue weighted by Crippen LogP contribution is -3.00. The van der Waals surface area contributed by atoms with Crippen LogP contribution in [0.4, 0.5) is 4.39 Å². The molecule has 37 heavy (non-hydrogen) atoms. The maximum Gasteiger partial charge on any atom is 1.00 e. The molecule has 2 aromatic carbocycles. The highest BCUT2D eigenvalue weighted by Crippen LogP contribution is 2.28. The average molecular weight is 544 g/mol. The Bertz CT molecular complexity index is 1440. The number of nitrogens with two attached hydrogens (primary N) is 1. The van der Waals surface area contributed by atoms with E-state index in [0.717, 1.165) is 5.56 Å². The Hall–Kier alpha value is -3.14. The number of hydrogen-bond acceptors (Lipinski definition) is 6. The molecule has 0 aliphatic rings. The van der Waals surface area contributed by atoms with E-state index in [1.807, 2.05) is 38.1 Å². The Morgan fingerprint density at radius 1 is 1.22 bits per heavy atom. The largest absolute Gasteiger partial charge is 1.00 e. The van der Waals surface area contributed by atoms with Crippen molar-refractivity contribution in [2.45, 2.75) is 46.2 Å². The van der Waals surface area contributed by atoms with E-state index in [2.05, 4.69) is 4.37 Å². The Kier molecular flexibility index (Phi) is 9.53. The van der Waals surface area contributed by atoms with Crippen molar-refractivity contribution >= 4 is 27.7 Å². The zero-order valence-corrected chi connectivity index (χ0v) is 22.7. The van der Waals surface area contributed by atoms with Gasteiger partial charge in [0.25, 0.3) is 11.5 Å². The molecule has 0 saturated carbocycles.